The average Bonchev–Trinajstić information content (AvgIpc) is 2.96. The molecule has 0 atom stereocenters. The molecule has 0 spiro atoms. The number of pyridine rings is 2. The van der Waals surface area contributed by atoms with Gasteiger partial charge in [0.05, 0.1) is 29.3 Å². The minimum Gasteiger partial charge on any atom is -0.485 e. The molecule has 1 N–H and O–H groups in total. The number of hydrogen-bond donors (Lipinski definition) is 1. The zero-order chi connectivity index (χ0) is 20.5. The minimum absolute atomic E-state index is 0.0334. The van der Waals surface area contributed by atoms with Crippen LogP contribution >= 0.6 is 0 Å². The third kappa shape index (κ3) is 4.08. The molecule has 0 aromatic carbocycles. The highest BCUT2D eigenvalue weighted by Crippen LogP contribution is 2.24. The van der Waals surface area contributed by atoms with Crippen molar-refractivity contribution >= 4 is 16.9 Å². The second-order valence-corrected chi connectivity index (χ2v) is 6.62. The lowest BCUT2D eigenvalue weighted by atomic mass is 10.1. The van der Waals surface area contributed by atoms with Crippen molar-refractivity contribution in [3.63, 3.8) is 0 Å². The summed E-state index contributed by atoms with van der Waals surface area (Å²) in [7, 11) is 0. The number of fused-ring (bicyclic) bond motifs is 1. The van der Waals surface area contributed by atoms with E-state index < -0.39 is 18.5 Å². The smallest absolute Gasteiger partial charge is 0.355 e. The molecular formula is C19H20F2N4O3. The van der Waals surface area contributed by atoms with Gasteiger partial charge in [0.2, 0.25) is 0 Å². The van der Waals surface area contributed by atoms with E-state index in [2.05, 4.69) is 15.1 Å². The maximum Gasteiger partial charge on any atom is 0.355 e. The summed E-state index contributed by atoms with van der Waals surface area (Å²) in [4.78, 5) is 19.7. The first-order valence-electron chi connectivity index (χ1n) is 8.73. The summed E-state index contributed by atoms with van der Waals surface area (Å²) in [6.45, 7) is 4.04. The number of aromatic nitrogens is 4. The fourth-order valence-corrected chi connectivity index (χ4v) is 2.99. The first-order valence-corrected chi connectivity index (χ1v) is 8.73. The van der Waals surface area contributed by atoms with Gasteiger partial charge in [0.1, 0.15) is 5.75 Å². The third-order valence-electron chi connectivity index (χ3n) is 4.21. The summed E-state index contributed by atoms with van der Waals surface area (Å²) in [5.74, 6) is -3.74. The number of ether oxygens (including phenoxy) is 1. The molecule has 9 heteroatoms. The number of halogens is 2. The molecule has 0 radical (unpaired) electrons. The molecule has 3 aromatic rings. The Morgan fingerprint density at radius 1 is 1.36 bits per heavy atom. The van der Waals surface area contributed by atoms with Crippen LogP contribution < -0.4 is 4.74 Å². The molecule has 0 unspecified atom stereocenters. The van der Waals surface area contributed by atoms with Crippen molar-refractivity contribution in [3.05, 3.63) is 47.2 Å². The zero-order valence-electron chi connectivity index (χ0n) is 15.7. The lowest BCUT2D eigenvalue weighted by molar-refractivity contribution is -0.0232. The van der Waals surface area contributed by atoms with Gasteiger partial charge in [-0.05, 0) is 31.0 Å². The van der Waals surface area contributed by atoms with Crippen LogP contribution in [-0.4, -0.2) is 43.4 Å². The van der Waals surface area contributed by atoms with Gasteiger partial charge in [-0.3, -0.25) is 9.67 Å². The van der Waals surface area contributed by atoms with E-state index in [1.165, 1.54) is 12.4 Å². The van der Waals surface area contributed by atoms with Gasteiger partial charge in [-0.2, -0.15) is 5.10 Å². The Hall–Kier alpha value is -3.10. The van der Waals surface area contributed by atoms with Crippen LogP contribution in [0.4, 0.5) is 8.78 Å². The lowest BCUT2D eigenvalue weighted by Gasteiger charge is -2.14. The van der Waals surface area contributed by atoms with Crippen LogP contribution in [0.15, 0.2) is 24.5 Å². The average molecular weight is 390 g/mol. The Labute approximate surface area is 160 Å². The molecule has 0 saturated carbocycles. The molecule has 7 nitrogen and oxygen atoms in total. The largest absolute Gasteiger partial charge is 0.485 e. The standard InChI is InChI=1S/C19H20F2N4O3/c1-4-14-16-13(5-6-22-17(16)18(26)27)24-25(14)9-12-7-11(2)15(8-23-12)28-10-19(3,20)21/h5-8H,4,9-10H2,1-3H3,(H,26,27). The monoisotopic (exact) mass is 390 g/mol. The van der Waals surface area contributed by atoms with Gasteiger partial charge in [-0.25, -0.2) is 18.6 Å². The van der Waals surface area contributed by atoms with Crippen molar-refractivity contribution in [3.8, 4) is 5.75 Å². The summed E-state index contributed by atoms with van der Waals surface area (Å²) in [5, 5.41) is 14.4. The van der Waals surface area contributed by atoms with Gasteiger partial charge in [0.15, 0.2) is 12.3 Å². The first-order chi connectivity index (χ1) is 13.2. The predicted octanol–water partition coefficient (Wildman–Crippen LogP) is 3.48. The fraction of sp³-hybridized carbons (Fsp3) is 0.368. The maximum absolute atomic E-state index is 13.0. The topological polar surface area (TPSA) is 90.1 Å². The summed E-state index contributed by atoms with van der Waals surface area (Å²) < 4.78 is 32.8. The van der Waals surface area contributed by atoms with E-state index in [1.807, 2.05) is 6.92 Å². The van der Waals surface area contributed by atoms with Gasteiger partial charge >= 0.3 is 5.97 Å². The number of nitrogens with zero attached hydrogens (tertiary/aromatic N) is 4. The number of carbonyl (C=O) groups is 1. The number of carboxylic acid groups (broad SMARTS) is 1. The van der Waals surface area contributed by atoms with E-state index >= 15 is 0 Å². The molecule has 0 aliphatic carbocycles. The number of aryl methyl sites for hydroxylation is 2. The number of alkyl halides is 2. The van der Waals surface area contributed by atoms with E-state index in [4.69, 9.17) is 4.74 Å². The molecule has 28 heavy (non-hydrogen) atoms. The second-order valence-electron chi connectivity index (χ2n) is 6.62. The van der Waals surface area contributed by atoms with Crippen molar-refractivity contribution < 1.29 is 23.4 Å². The quantitative estimate of drug-likeness (QED) is 0.664. The molecule has 0 bridgehead atoms. The van der Waals surface area contributed by atoms with E-state index in [0.717, 1.165) is 12.6 Å². The van der Waals surface area contributed by atoms with E-state index in [9.17, 15) is 18.7 Å². The Kier molecular flexibility index (Phi) is 5.26. The zero-order valence-corrected chi connectivity index (χ0v) is 15.7. The summed E-state index contributed by atoms with van der Waals surface area (Å²) >= 11 is 0. The number of rotatable bonds is 7. The molecule has 3 heterocycles. The van der Waals surface area contributed by atoms with Crippen LogP contribution in [0.2, 0.25) is 0 Å². The maximum atomic E-state index is 13.0. The second kappa shape index (κ2) is 7.49. The molecular weight excluding hydrogens is 370 g/mol. The van der Waals surface area contributed by atoms with Crippen molar-refractivity contribution in [2.24, 2.45) is 0 Å². The van der Waals surface area contributed by atoms with E-state index in [0.29, 0.717) is 40.9 Å². The number of aromatic carboxylic acids is 1. The highest BCUT2D eigenvalue weighted by molar-refractivity contribution is 6.01. The van der Waals surface area contributed by atoms with Crippen LogP contribution in [0.25, 0.3) is 10.9 Å². The first kappa shape index (κ1) is 19.7. The van der Waals surface area contributed by atoms with Gasteiger partial charge in [0, 0.05) is 18.8 Å². The van der Waals surface area contributed by atoms with Crippen molar-refractivity contribution in [2.45, 2.75) is 39.7 Å². The van der Waals surface area contributed by atoms with Crippen LogP contribution in [0, 0.1) is 6.92 Å². The summed E-state index contributed by atoms with van der Waals surface area (Å²) in [6.07, 6.45) is 3.39. The molecule has 0 aliphatic heterocycles. The molecule has 0 amide bonds. The molecule has 3 rings (SSSR count). The van der Waals surface area contributed by atoms with E-state index in [-0.39, 0.29) is 5.69 Å². The SMILES string of the molecule is CCc1c2c(C(=O)O)nccc2nn1Cc1cc(C)c(OCC(C)(F)F)cn1. The Bertz CT molecular complexity index is 1030. The van der Waals surface area contributed by atoms with Gasteiger partial charge in [-0.1, -0.05) is 6.92 Å². The Morgan fingerprint density at radius 2 is 2.11 bits per heavy atom. The molecule has 0 aliphatic rings. The molecule has 3 aromatic heterocycles. The molecule has 0 fully saturated rings. The number of hydrogen-bond acceptors (Lipinski definition) is 5. The van der Waals surface area contributed by atoms with Crippen LogP contribution in [0.3, 0.4) is 0 Å². The van der Waals surface area contributed by atoms with Gasteiger partial charge in [0.25, 0.3) is 5.92 Å². The predicted molar refractivity (Wildman–Crippen MR) is 98.1 cm³/mol. The fourth-order valence-electron chi connectivity index (χ4n) is 2.99. The van der Waals surface area contributed by atoms with Crippen molar-refractivity contribution in [1.82, 2.24) is 19.7 Å². The Balaban J connectivity index is 1.92. The molecule has 0 saturated heterocycles. The summed E-state index contributed by atoms with van der Waals surface area (Å²) in [6, 6.07) is 3.41. The van der Waals surface area contributed by atoms with Crippen LogP contribution in [0.1, 0.15) is 41.3 Å². The van der Waals surface area contributed by atoms with Crippen LogP contribution in [0.5, 0.6) is 5.75 Å². The minimum atomic E-state index is -2.92. The highest BCUT2D eigenvalue weighted by Gasteiger charge is 2.23. The van der Waals surface area contributed by atoms with Crippen molar-refractivity contribution in [2.75, 3.05) is 6.61 Å². The summed E-state index contributed by atoms with van der Waals surface area (Å²) in [5.41, 5.74) is 2.59. The Morgan fingerprint density at radius 3 is 2.71 bits per heavy atom. The number of carboxylic acids is 1. The van der Waals surface area contributed by atoms with Crippen molar-refractivity contribution in [1.29, 1.82) is 0 Å². The normalized spacial score (nSPS) is 11.8. The lowest BCUT2D eigenvalue weighted by Crippen LogP contribution is -2.21. The van der Waals surface area contributed by atoms with Gasteiger partial charge in [-0.15, -0.1) is 0 Å². The molecule has 148 valence electrons. The van der Waals surface area contributed by atoms with Crippen LogP contribution in [-0.2, 0) is 13.0 Å². The third-order valence-corrected chi connectivity index (χ3v) is 4.21. The van der Waals surface area contributed by atoms with Gasteiger partial charge < -0.3 is 9.84 Å². The van der Waals surface area contributed by atoms with E-state index in [1.54, 1.807) is 23.7 Å². The highest BCUT2D eigenvalue weighted by atomic mass is 19.3.